The number of aromatic nitrogens is 2. The molecule has 74 valence electrons. The van der Waals surface area contributed by atoms with Crippen LogP contribution in [0, 0.1) is 6.92 Å². The summed E-state index contributed by atoms with van der Waals surface area (Å²) >= 11 is 7.22. The van der Waals surface area contributed by atoms with E-state index < -0.39 is 0 Å². The number of nitrogens with zero attached hydrogens (tertiary/aromatic N) is 2. The Bertz CT molecular complexity index is 386. The van der Waals surface area contributed by atoms with Crippen molar-refractivity contribution in [3.63, 3.8) is 0 Å². The van der Waals surface area contributed by atoms with Crippen LogP contribution in [-0.4, -0.2) is 10.1 Å². The van der Waals surface area contributed by atoms with Gasteiger partial charge in [0.05, 0.1) is 4.34 Å². The lowest BCUT2D eigenvalue weighted by molar-refractivity contribution is 0.197. The van der Waals surface area contributed by atoms with Gasteiger partial charge in [0.2, 0.25) is 0 Å². The van der Waals surface area contributed by atoms with E-state index in [1.165, 1.54) is 11.3 Å². The van der Waals surface area contributed by atoms with E-state index in [9.17, 15) is 0 Å². The zero-order valence-electron chi connectivity index (χ0n) is 7.36. The van der Waals surface area contributed by atoms with Gasteiger partial charge in [0, 0.05) is 4.88 Å². The highest BCUT2D eigenvalue weighted by molar-refractivity contribution is 7.16. The van der Waals surface area contributed by atoms with Gasteiger partial charge in [-0.05, 0) is 19.1 Å². The van der Waals surface area contributed by atoms with Gasteiger partial charge in [-0.25, -0.2) is 0 Å². The molecular weight excluding hydrogens is 224 g/mol. The van der Waals surface area contributed by atoms with Crippen LogP contribution >= 0.6 is 22.9 Å². The van der Waals surface area contributed by atoms with Crippen molar-refractivity contribution in [1.29, 1.82) is 0 Å². The third-order valence-corrected chi connectivity index (χ3v) is 2.68. The number of hydrogen-bond donors (Lipinski definition) is 0. The molecule has 0 saturated heterocycles. The summed E-state index contributed by atoms with van der Waals surface area (Å²) in [7, 11) is 0. The van der Waals surface area contributed by atoms with E-state index in [0.29, 0.717) is 12.4 Å². The molecule has 0 aliphatic carbocycles. The highest BCUT2D eigenvalue weighted by atomic mass is 35.5. The molecule has 0 aliphatic rings. The second-order valence-corrected chi connectivity index (χ2v) is 4.40. The predicted octanol–water partition coefficient (Wildman–Crippen LogP) is 2.67. The number of halogens is 1. The van der Waals surface area contributed by atoms with Crippen LogP contribution in [0.3, 0.4) is 0 Å². The normalized spacial score (nSPS) is 10.4. The van der Waals surface area contributed by atoms with E-state index in [1.54, 1.807) is 6.92 Å². The summed E-state index contributed by atoms with van der Waals surface area (Å²) in [5.74, 6) is 0.559. The molecule has 2 aromatic heterocycles. The predicted molar refractivity (Wildman–Crippen MR) is 52.7 cm³/mol. The summed E-state index contributed by atoms with van der Waals surface area (Å²) in [6.45, 7) is 2.14. The summed E-state index contributed by atoms with van der Waals surface area (Å²) in [6.07, 6.45) is 0.187. The Morgan fingerprint density at radius 3 is 3.00 bits per heavy atom. The maximum absolute atomic E-state index is 5.76. The van der Waals surface area contributed by atoms with Gasteiger partial charge in [-0.3, -0.25) is 4.52 Å². The van der Waals surface area contributed by atoms with Crippen LogP contribution in [0.25, 0.3) is 0 Å². The zero-order chi connectivity index (χ0) is 9.97. The van der Waals surface area contributed by atoms with Gasteiger partial charge in [-0.2, -0.15) is 4.98 Å². The SMILES string of the molecule is Cc1noc(OCc2ccc(Cl)s2)n1. The van der Waals surface area contributed by atoms with Crippen LogP contribution in [0.2, 0.25) is 4.34 Å². The Morgan fingerprint density at radius 1 is 1.57 bits per heavy atom. The number of hydrogen-bond acceptors (Lipinski definition) is 5. The monoisotopic (exact) mass is 230 g/mol. The number of ether oxygens (including phenoxy) is 1. The van der Waals surface area contributed by atoms with Crippen molar-refractivity contribution in [3.05, 3.63) is 27.2 Å². The van der Waals surface area contributed by atoms with Crippen LogP contribution in [-0.2, 0) is 6.61 Å². The standard InChI is InChI=1S/C8H7ClN2O2S/c1-5-10-8(13-11-5)12-4-6-2-3-7(9)14-6/h2-3H,4H2,1H3. The van der Waals surface area contributed by atoms with Gasteiger partial charge in [0.25, 0.3) is 0 Å². The summed E-state index contributed by atoms with van der Waals surface area (Å²) in [4.78, 5) is 4.92. The van der Waals surface area contributed by atoms with Crippen molar-refractivity contribution in [3.8, 4) is 6.08 Å². The van der Waals surface area contributed by atoms with Gasteiger partial charge in [0.1, 0.15) is 6.61 Å². The Balaban J connectivity index is 1.94. The molecule has 0 spiro atoms. The largest absolute Gasteiger partial charge is 0.443 e. The molecule has 0 unspecified atom stereocenters. The topological polar surface area (TPSA) is 48.2 Å². The molecule has 0 N–H and O–H groups in total. The van der Waals surface area contributed by atoms with Crippen LogP contribution in [0.15, 0.2) is 16.7 Å². The van der Waals surface area contributed by atoms with E-state index >= 15 is 0 Å². The minimum atomic E-state index is 0.187. The minimum Gasteiger partial charge on any atom is -0.443 e. The highest BCUT2D eigenvalue weighted by Gasteiger charge is 2.04. The van der Waals surface area contributed by atoms with E-state index in [4.69, 9.17) is 20.9 Å². The first kappa shape index (κ1) is 9.48. The maximum atomic E-state index is 5.76. The first-order chi connectivity index (χ1) is 6.74. The molecule has 0 bridgehead atoms. The molecule has 0 aliphatic heterocycles. The van der Waals surface area contributed by atoms with E-state index in [-0.39, 0.29) is 6.08 Å². The van der Waals surface area contributed by atoms with Crippen LogP contribution in [0.1, 0.15) is 10.7 Å². The van der Waals surface area contributed by atoms with Crippen molar-refractivity contribution in [1.82, 2.24) is 10.1 Å². The molecule has 0 saturated carbocycles. The first-order valence-electron chi connectivity index (χ1n) is 3.91. The molecule has 2 rings (SSSR count). The molecule has 2 aromatic rings. The Kier molecular flexibility index (Phi) is 2.69. The van der Waals surface area contributed by atoms with Crippen molar-refractivity contribution in [2.24, 2.45) is 0 Å². The lowest BCUT2D eigenvalue weighted by Crippen LogP contribution is -1.92. The summed E-state index contributed by atoms with van der Waals surface area (Å²) in [5.41, 5.74) is 0. The number of aryl methyl sites for hydroxylation is 1. The molecule has 0 atom stereocenters. The van der Waals surface area contributed by atoms with Crippen molar-refractivity contribution in [2.75, 3.05) is 0 Å². The fourth-order valence-electron chi connectivity index (χ4n) is 0.899. The zero-order valence-corrected chi connectivity index (χ0v) is 8.93. The fourth-order valence-corrected chi connectivity index (χ4v) is 1.90. The third-order valence-electron chi connectivity index (χ3n) is 1.48. The maximum Gasteiger partial charge on any atom is 0.417 e. The average Bonchev–Trinajstić information content (AvgIpc) is 2.72. The summed E-state index contributed by atoms with van der Waals surface area (Å²) in [5, 5.41) is 3.60. The van der Waals surface area contributed by atoms with Gasteiger partial charge < -0.3 is 4.74 Å². The van der Waals surface area contributed by atoms with Crippen molar-refractivity contribution in [2.45, 2.75) is 13.5 Å². The van der Waals surface area contributed by atoms with Gasteiger partial charge in [-0.1, -0.05) is 16.8 Å². The molecule has 0 aromatic carbocycles. The van der Waals surface area contributed by atoms with Crippen molar-refractivity contribution >= 4 is 22.9 Å². The van der Waals surface area contributed by atoms with Gasteiger partial charge in [-0.15, -0.1) is 11.3 Å². The Morgan fingerprint density at radius 2 is 2.43 bits per heavy atom. The van der Waals surface area contributed by atoms with Crippen LogP contribution < -0.4 is 4.74 Å². The highest BCUT2D eigenvalue weighted by Crippen LogP contribution is 2.22. The van der Waals surface area contributed by atoms with E-state index in [1.807, 2.05) is 12.1 Å². The molecule has 14 heavy (non-hydrogen) atoms. The summed E-state index contributed by atoms with van der Waals surface area (Å²) < 4.78 is 10.8. The Hall–Kier alpha value is -1.07. The summed E-state index contributed by atoms with van der Waals surface area (Å²) in [6, 6.07) is 3.72. The molecule has 2 heterocycles. The second kappa shape index (κ2) is 3.98. The van der Waals surface area contributed by atoms with Gasteiger partial charge in [0.15, 0.2) is 5.82 Å². The Labute approximate surface area is 89.5 Å². The number of rotatable bonds is 3. The quantitative estimate of drug-likeness (QED) is 0.814. The second-order valence-electron chi connectivity index (χ2n) is 2.60. The first-order valence-corrected chi connectivity index (χ1v) is 5.11. The smallest absolute Gasteiger partial charge is 0.417 e. The molecule has 0 amide bonds. The molecule has 0 fully saturated rings. The average molecular weight is 231 g/mol. The minimum absolute atomic E-state index is 0.187. The number of thiophene rings is 1. The molecule has 0 radical (unpaired) electrons. The van der Waals surface area contributed by atoms with Crippen molar-refractivity contribution < 1.29 is 9.26 Å². The van der Waals surface area contributed by atoms with E-state index in [0.717, 1.165) is 9.21 Å². The molecule has 4 nitrogen and oxygen atoms in total. The van der Waals surface area contributed by atoms with Gasteiger partial charge >= 0.3 is 6.08 Å². The third kappa shape index (κ3) is 2.24. The van der Waals surface area contributed by atoms with Crippen LogP contribution in [0.4, 0.5) is 0 Å². The van der Waals surface area contributed by atoms with Crippen LogP contribution in [0.5, 0.6) is 6.08 Å². The molecular formula is C8H7ClN2O2S. The lowest BCUT2D eigenvalue weighted by atomic mass is 10.5. The fraction of sp³-hybridized carbons (Fsp3) is 0.250. The van der Waals surface area contributed by atoms with E-state index in [2.05, 4.69) is 10.1 Å². The molecule has 6 heteroatoms. The lowest BCUT2D eigenvalue weighted by Gasteiger charge is -1.95.